The summed E-state index contributed by atoms with van der Waals surface area (Å²) in [7, 11) is 0. The number of amides is 3. The average Bonchev–Trinajstić information content (AvgIpc) is 3.36. The Kier molecular flexibility index (Phi) is 6.00. The topological polar surface area (TPSA) is 122 Å². The first-order chi connectivity index (χ1) is 14.3. The van der Waals surface area contributed by atoms with Crippen LogP contribution in [0.25, 0.3) is 5.57 Å². The highest BCUT2D eigenvalue weighted by Crippen LogP contribution is 2.44. The fourth-order valence-corrected chi connectivity index (χ4v) is 6.50. The minimum Gasteiger partial charge on any atom is -0.369 e. The fraction of sp³-hybridized carbons (Fsp3) is 0.278. The largest absolute Gasteiger partial charge is 0.369 e. The van der Waals surface area contributed by atoms with Gasteiger partial charge in [0.2, 0.25) is 16.9 Å². The maximum atomic E-state index is 12.8. The number of carbonyl (C=O) groups excluding carboxylic acids is 4. The van der Waals surface area contributed by atoms with Gasteiger partial charge < -0.3 is 11.1 Å². The Bertz CT molecular complexity index is 1060. The zero-order valence-corrected chi connectivity index (χ0v) is 18.7. The predicted octanol–water partition coefficient (Wildman–Crippen LogP) is 1.04. The average molecular weight is 481 g/mol. The number of β-lactam (4-membered cyclic amide) rings is 1. The second-order valence-corrected chi connectivity index (χ2v) is 9.83. The SMILES string of the molecule is NC(=O)Cc1csc(C2=C(C(=O)S)N3C(=O)[C@@H](NC(=O)Cc4ccsc4)[C@H]3SC2)n1. The van der Waals surface area contributed by atoms with Gasteiger partial charge >= 0.3 is 0 Å². The van der Waals surface area contributed by atoms with Crippen LogP contribution in [-0.4, -0.2) is 49.9 Å². The number of aromatic nitrogens is 1. The number of primary amides is 1. The molecule has 2 aliphatic rings. The van der Waals surface area contributed by atoms with E-state index in [2.05, 4.69) is 22.9 Å². The molecular weight excluding hydrogens is 464 g/mol. The summed E-state index contributed by atoms with van der Waals surface area (Å²) in [4.78, 5) is 54.2. The molecule has 3 amide bonds. The number of hydrogen-bond donors (Lipinski definition) is 3. The minimum atomic E-state index is -0.688. The zero-order chi connectivity index (χ0) is 21.4. The van der Waals surface area contributed by atoms with Crippen molar-refractivity contribution in [3.05, 3.63) is 44.2 Å². The first-order valence-corrected chi connectivity index (χ1v) is 12.1. The van der Waals surface area contributed by atoms with E-state index in [0.29, 0.717) is 22.0 Å². The first kappa shape index (κ1) is 21.1. The molecule has 0 spiro atoms. The van der Waals surface area contributed by atoms with Gasteiger partial charge in [-0.3, -0.25) is 24.1 Å². The van der Waals surface area contributed by atoms with Crippen molar-refractivity contribution in [1.29, 1.82) is 0 Å². The summed E-state index contributed by atoms with van der Waals surface area (Å²) < 4.78 is 0. The number of fused-ring (bicyclic) bond motifs is 1. The molecule has 1 saturated heterocycles. The van der Waals surface area contributed by atoms with E-state index in [1.807, 2.05) is 16.8 Å². The molecule has 2 aliphatic heterocycles. The summed E-state index contributed by atoms with van der Waals surface area (Å²) in [6, 6.07) is 1.17. The lowest BCUT2D eigenvalue weighted by Crippen LogP contribution is -2.70. The Hall–Kier alpha value is -2.15. The van der Waals surface area contributed by atoms with E-state index in [-0.39, 0.29) is 35.7 Å². The third kappa shape index (κ3) is 4.04. The molecular formula is C18H16N4O4S4. The van der Waals surface area contributed by atoms with E-state index in [1.165, 1.54) is 39.3 Å². The van der Waals surface area contributed by atoms with Gasteiger partial charge in [-0.1, -0.05) is 12.6 Å². The number of nitrogens with one attached hydrogen (secondary N) is 1. The molecule has 0 saturated carbocycles. The smallest absolute Gasteiger partial charge is 0.253 e. The van der Waals surface area contributed by atoms with Crippen LogP contribution < -0.4 is 11.1 Å². The monoisotopic (exact) mass is 480 g/mol. The fourth-order valence-electron chi connectivity index (χ4n) is 3.29. The molecule has 156 valence electrons. The highest BCUT2D eigenvalue weighted by Gasteiger charge is 2.54. The van der Waals surface area contributed by atoms with Crippen LogP contribution in [-0.2, 0) is 32.0 Å². The molecule has 4 heterocycles. The van der Waals surface area contributed by atoms with Crippen LogP contribution in [0.5, 0.6) is 0 Å². The lowest BCUT2D eigenvalue weighted by Gasteiger charge is -2.49. The van der Waals surface area contributed by atoms with Gasteiger partial charge in [-0.05, 0) is 22.4 Å². The highest BCUT2D eigenvalue weighted by atomic mass is 32.2. The van der Waals surface area contributed by atoms with Gasteiger partial charge in [-0.2, -0.15) is 11.3 Å². The summed E-state index contributed by atoms with van der Waals surface area (Å²) in [6.07, 6.45) is 0.205. The van der Waals surface area contributed by atoms with Crippen molar-refractivity contribution in [3.63, 3.8) is 0 Å². The number of carbonyl (C=O) groups is 4. The molecule has 8 nitrogen and oxygen atoms in total. The number of nitrogens with zero attached hydrogens (tertiary/aromatic N) is 2. The van der Waals surface area contributed by atoms with Crippen LogP contribution >= 0.6 is 47.1 Å². The molecule has 0 bridgehead atoms. The molecule has 0 unspecified atom stereocenters. The van der Waals surface area contributed by atoms with E-state index in [1.54, 1.807) is 5.38 Å². The van der Waals surface area contributed by atoms with Crippen molar-refractivity contribution in [2.24, 2.45) is 5.73 Å². The number of thioether (sulfide) groups is 1. The van der Waals surface area contributed by atoms with Crippen LogP contribution in [0.1, 0.15) is 16.3 Å². The Morgan fingerprint density at radius 1 is 1.30 bits per heavy atom. The van der Waals surface area contributed by atoms with Crippen molar-refractivity contribution < 1.29 is 19.2 Å². The second kappa shape index (κ2) is 8.53. The predicted molar refractivity (Wildman–Crippen MR) is 119 cm³/mol. The second-order valence-electron chi connectivity index (χ2n) is 6.68. The standard InChI is InChI=1S/C18H16N4O4S4/c19-11(23)4-9-6-29-15(20-9)10-7-30-17-13(16(25)22(17)14(10)18(26)27)21-12(24)3-8-1-2-28-5-8/h1-2,5-6,13,17H,3-4,7H2,(H2,19,23)(H,21,24)(H,26,27)/t13-,17-/m1/s1. The van der Waals surface area contributed by atoms with Gasteiger partial charge in [-0.15, -0.1) is 23.1 Å². The molecule has 0 radical (unpaired) electrons. The van der Waals surface area contributed by atoms with E-state index < -0.39 is 17.1 Å². The quantitative estimate of drug-likeness (QED) is 0.402. The molecule has 4 rings (SSSR count). The number of thiol groups is 1. The number of nitrogens with two attached hydrogens (primary N) is 1. The lowest BCUT2D eigenvalue weighted by atomic mass is 10.0. The molecule has 2 aromatic rings. The number of thiophene rings is 1. The molecule has 1 fully saturated rings. The summed E-state index contributed by atoms with van der Waals surface area (Å²) in [5.74, 6) is -0.661. The Morgan fingerprint density at radius 3 is 2.77 bits per heavy atom. The summed E-state index contributed by atoms with van der Waals surface area (Å²) in [5.41, 5.74) is 7.38. The van der Waals surface area contributed by atoms with E-state index in [0.717, 1.165) is 5.56 Å². The van der Waals surface area contributed by atoms with Crippen LogP contribution in [0.15, 0.2) is 27.9 Å². The first-order valence-electron chi connectivity index (χ1n) is 8.79. The maximum Gasteiger partial charge on any atom is 0.253 e. The van der Waals surface area contributed by atoms with Crippen molar-refractivity contribution in [1.82, 2.24) is 15.2 Å². The van der Waals surface area contributed by atoms with Crippen molar-refractivity contribution in [3.8, 4) is 0 Å². The van der Waals surface area contributed by atoms with E-state index in [9.17, 15) is 19.2 Å². The number of rotatable bonds is 7. The molecule has 0 aliphatic carbocycles. The summed E-state index contributed by atoms with van der Waals surface area (Å²) >= 11 is 8.19. The molecule has 2 atom stereocenters. The number of thiazole rings is 1. The third-order valence-corrected chi connectivity index (χ3v) is 7.77. The number of hydrogen-bond acceptors (Lipinski definition) is 8. The van der Waals surface area contributed by atoms with Crippen LogP contribution in [0, 0.1) is 0 Å². The van der Waals surface area contributed by atoms with Crippen molar-refractivity contribution >= 4 is 75.5 Å². The van der Waals surface area contributed by atoms with Crippen LogP contribution in [0.3, 0.4) is 0 Å². The lowest BCUT2D eigenvalue weighted by molar-refractivity contribution is -0.146. The van der Waals surface area contributed by atoms with Crippen molar-refractivity contribution in [2.75, 3.05) is 5.75 Å². The van der Waals surface area contributed by atoms with E-state index >= 15 is 0 Å². The molecule has 30 heavy (non-hydrogen) atoms. The zero-order valence-electron chi connectivity index (χ0n) is 15.4. The van der Waals surface area contributed by atoms with Gasteiger partial charge in [0.05, 0.1) is 18.5 Å². The van der Waals surface area contributed by atoms with Gasteiger partial charge in [0, 0.05) is 16.7 Å². The van der Waals surface area contributed by atoms with Gasteiger partial charge in [0.15, 0.2) is 0 Å². The van der Waals surface area contributed by atoms with E-state index in [4.69, 9.17) is 5.73 Å². The maximum absolute atomic E-state index is 12.8. The normalized spacial score (nSPS) is 20.6. The molecule has 3 N–H and O–H groups in total. The minimum absolute atomic E-state index is 0.00455. The highest BCUT2D eigenvalue weighted by molar-refractivity contribution is 8.00. The Labute approximate surface area is 189 Å². The molecule has 12 heteroatoms. The Morgan fingerprint density at radius 2 is 2.10 bits per heavy atom. The third-order valence-electron chi connectivity index (χ3n) is 4.60. The Balaban J connectivity index is 1.53. The van der Waals surface area contributed by atoms with Gasteiger partial charge in [-0.25, -0.2) is 4.98 Å². The molecule has 0 aromatic carbocycles. The summed E-state index contributed by atoms with van der Waals surface area (Å²) in [5, 5.41) is 7.89. The molecule has 2 aromatic heterocycles. The van der Waals surface area contributed by atoms with Crippen molar-refractivity contribution in [2.45, 2.75) is 24.3 Å². The summed E-state index contributed by atoms with van der Waals surface area (Å²) in [6.45, 7) is 0. The van der Waals surface area contributed by atoms with Crippen LogP contribution in [0.4, 0.5) is 0 Å². The van der Waals surface area contributed by atoms with Crippen LogP contribution in [0.2, 0.25) is 0 Å². The van der Waals surface area contributed by atoms with Gasteiger partial charge in [0.1, 0.15) is 22.1 Å². The van der Waals surface area contributed by atoms with Gasteiger partial charge in [0.25, 0.3) is 5.91 Å².